The standard InChI is InChI=1S/C22H27N3O3/c1-22(2,20(26)23-17-9-5-4-6-10-17)21(27)25-15-13-24(14-16-25)18-11-7-8-12-19(18)28-3/h4-12H,13-16H2,1-3H3,(H,23,26). The van der Waals surface area contributed by atoms with Crippen LogP contribution in [0.4, 0.5) is 11.4 Å². The lowest BCUT2D eigenvalue weighted by Gasteiger charge is -2.39. The number of benzene rings is 2. The van der Waals surface area contributed by atoms with Gasteiger partial charge in [-0.1, -0.05) is 30.3 Å². The molecule has 2 aromatic carbocycles. The van der Waals surface area contributed by atoms with Gasteiger partial charge >= 0.3 is 0 Å². The Morgan fingerprint density at radius 1 is 0.929 bits per heavy atom. The third-order valence-electron chi connectivity index (χ3n) is 5.13. The molecular formula is C22H27N3O3. The zero-order valence-corrected chi connectivity index (χ0v) is 16.6. The van der Waals surface area contributed by atoms with Crippen molar-refractivity contribution in [3.63, 3.8) is 0 Å². The number of carbonyl (C=O) groups excluding carboxylic acids is 2. The van der Waals surface area contributed by atoms with Crippen molar-refractivity contribution in [2.45, 2.75) is 13.8 Å². The monoisotopic (exact) mass is 381 g/mol. The van der Waals surface area contributed by atoms with Gasteiger partial charge in [-0.3, -0.25) is 9.59 Å². The molecule has 0 aliphatic carbocycles. The van der Waals surface area contributed by atoms with E-state index < -0.39 is 5.41 Å². The van der Waals surface area contributed by atoms with Crippen molar-refractivity contribution in [2.24, 2.45) is 5.41 Å². The van der Waals surface area contributed by atoms with Crippen LogP contribution in [0, 0.1) is 5.41 Å². The molecule has 0 aromatic heterocycles. The first kappa shape index (κ1) is 19.7. The van der Waals surface area contributed by atoms with Gasteiger partial charge in [0.25, 0.3) is 0 Å². The van der Waals surface area contributed by atoms with Crippen molar-refractivity contribution in [1.29, 1.82) is 0 Å². The average Bonchev–Trinajstić information content (AvgIpc) is 2.74. The number of rotatable bonds is 5. The van der Waals surface area contributed by atoms with E-state index in [0.29, 0.717) is 31.9 Å². The second kappa shape index (κ2) is 8.33. The molecule has 2 amide bonds. The van der Waals surface area contributed by atoms with E-state index in [1.54, 1.807) is 25.9 Å². The van der Waals surface area contributed by atoms with E-state index in [1.807, 2.05) is 54.6 Å². The Kier molecular flexibility index (Phi) is 5.87. The second-order valence-corrected chi connectivity index (χ2v) is 7.40. The fraction of sp³-hybridized carbons (Fsp3) is 0.364. The lowest BCUT2D eigenvalue weighted by Crippen LogP contribution is -2.54. The lowest BCUT2D eigenvalue weighted by atomic mass is 9.89. The van der Waals surface area contributed by atoms with Crippen LogP contribution in [0.25, 0.3) is 0 Å². The largest absolute Gasteiger partial charge is 0.495 e. The molecule has 1 N–H and O–H groups in total. The molecule has 0 bridgehead atoms. The molecule has 0 saturated carbocycles. The van der Waals surface area contributed by atoms with Crippen molar-refractivity contribution < 1.29 is 14.3 Å². The van der Waals surface area contributed by atoms with Gasteiger partial charge in [-0.25, -0.2) is 0 Å². The molecule has 0 spiro atoms. The summed E-state index contributed by atoms with van der Waals surface area (Å²) in [6.45, 7) is 5.89. The van der Waals surface area contributed by atoms with Crippen LogP contribution in [0.3, 0.4) is 0 Å². The van der Waals surface area contributed by atoms with Crippen molar-refractivity contribution in [3.05, 3.63) is 54.6 Å². The smallest absolute Gasteiger partial charge is 0.239 e. The number of nitrogens with one attached hydrogen (secondary N) is 1. The molecule has 1 heterocycles. The van der Waals surface area contributed by atoms with Crippen LogP contribution < -0.4 is 15.0 Å². The third kappa shape index (κ3) is 4.11. The molecule has 1 aliphatic heterocycles. The maximum absolute atomic E-state index is 13.0. The van der Waals surface area contributed by atoms with Gasteiger partial charge in [0.2, 0.25) is 11.8 Å². The number of piperazine rings is 1. The first-order valence-electron chi connectivity index (χ1n) is 9.47. The maximum atomic E-state index is 13.0. The highest BCUT2D eigenvalue weighted by Gasteiger charge is 2.40. The Bertz CT molecular complexity index is 828. The summed E-state index contributed by atoms with van der Waals surface area (Å²) in [4.78, 5) is 29.7. The first-order chi connectivity index (χ1) is 13.4. The minimum absolute atomic E-state index is 0.152. The van der Waals surface area contributed by atoms with E-state index in [9.17, 15) is 9.59 Å². The predicted molar refractivity (Wildman–Crippen MR) is 111 cm³/mol. The number of para-hydroxylation sites is 3. The predicted octanol–water partition coefficient (Wildman–Crippen LogP) is 3.01. The quantitative estimate of drug-likeness (QED) is 0.809. The second-order valence-electron chi connectivity index (χ2n) is 7.40. The van der Waals surface area contributed by atoms with E-state index in [2.05, 4.69) is 10.2 Å². The third-order valence-corrected chi connectivity index (χ3v) is 5.13. The number of amides is 2. The summed E-state index contributed by atoms with van der Waals surface area (Å²) in [5, 5.41) is 2.84. The molecule has 1 fully saturated rings. The van der Waals surface area contributed by atoms with Crippen LogP contribution in [0.1, 0.15) is 13.8 Å². The molecule has 148 valence electrons. The van der Waals surface area contributed by atoms with Crippen molar-refractivity contribution in [3.8, 4) is 5.75 Å². The van der Waals surface area contributed by atoms with Crippen LogP contribution >= 0.6 is 0 Å². The van der Waals surface area contributed by atoms with Crippen molar-refractivity contribution >= 4 is 23.2 Å². The summed E-state index contributed by atoms with van der Waals surface area (Å²) in [7, 11) is 1.66. The summed E-state index contributed by atoms with van der Waals surface area (Å²) < 4.78 is 5.44. The lowest BCUT2D eigenvalue weighted by molar-refractivity contribution is -0.146. The van der Waals surface area contributed by atoms with E-state index in [1.165, 1.54) is 0 Å². The molecule has 2 aromatic rings. The van der Waals surface area contributed by atoms with Crippen LogP contribution in [0.15, 0.2) is 54.6 Å². The average molecular weight is 381 g/mol. The molecule has 28 heavy (non-hydrogen) atoms. The highest BCUT2D eigenvalue weighted by atomic mass is 16.5. The van der Waals surface area contributed by atoms with Gasteiger partial charge < -0.3 is 19.9 Å². The van der Waals surface area contributed by atoms with Crippen LogP contribution in [-0.4, -0.2) is 50.0 Å². The van der Waals surface area contributed by atoms with E-state index >= 15 is 0 Å². The number of nitrogens with zero attached hydrogens (tertiary/aromatic N) is 2. The van der Waals surface area contributed by atoms with Crippen LogP contribution in [0.5, 0.6) is 5.75 Å². The summed E-state index contributed by atoms with van der Waals surface area (Å²) in [6.07, 6.45) is 0. The van der Waals surface area contributed by atoms with Crippen molar-refractivity contribution in [1.82, 2.24) is 4.90 Å². The van der Waals surface area contributed by atoms with Crippen molar-refractivity contribution in [2.75, 3.05) is 43.5 Å². The molecule has 0 atom stereocenters. The fourth-order valence-electron chi connectivity index (χ4n) is 3.34. The first-order valence-corrected chi connectivity index (χ1v) is 9.47. The molecule has 1 aliphatic rings. The van der Waals surface area contributed by atoms with E-state index in [4.69, 9.17) is 4.74 Å². The molecule has 6 heteroatoms. The highest BCUT2D eigenvalue weighted by molar-refractivity contribution is 6.09. The molecular weight excluding hydrogens is 354 g/mol. The zero-order chi connectivity index (χ0) is 20.1. The van der Waals surface area contributed by atoms with Crippen LogP contribution in [-0.2, 0) is 9.59 Å². The topological polar surface area (TPSA) is 61.9 Å². The summed E-state index contributed by atoms with van der Waals surface area (Å²) in [5.74, 6) is 0.376. The zero-order valence-electron chi connectivity index (χ0n) is 16.6. The number of hydrogen-bond donors (Lipinski definition) is 1. The Labute approximate surface area is 166 Å². The summed E-state index contributed by atoms with van der Waals surface area (Å²) >= 11 is 0. The highest BCUT2D eigenvalue weighted by Crippen LogP contribution is 2.29. The number of anilines is 2. The Morgan fingerprint density at radius 3 is 2.18 bits per heavy atom. The number of ether oxygens (including phenoxy) is 1. The minimum atomic E-state index is -1.14. The van der Waals surface area contributed by atoms with Gasteiger partial charge in [-0.15, -0.1) is 0 Å². The van der Waals surface area contributed by atoms with E-state index in [0.717, 1.165) is 11.4 Å². The Morgan fingerprint density at radius 2 is 1.54 bits per heavy atom. The number of methoxy groups -OCH3 is 1. The van der Waals surface area contributed by atoms with Gasteiger partial charge in [0.05, 0.1) is 12.8 Å². The Hall–Kier alpha value is -3.02. The van der Waals surface area contributed by atoms with Gasteiger partial charge in [-0.05, 0) is 38.1 Å². The fourth-order valence-corrected chi connectivity index (χ4v) is 3.34. The molecule has 0 radical (unpaired) electrons. The summed E-state index contributed by atoms with van der Waals surface area (Å²) in [5.41, 5.74) is 0.579. The molecule has 6 nitrogen and oxygen atoms in total. The normalized spacial score (nSPS) is 14.5. The molecule has 3 rings (SSSR count). The maximum Gasteiger partial charge on any atom is 0.239 e. The van der Waals surface area contributed by atoms with Gasteiger partial charge in [0.15, 0.2) is 0 Å². The number of hydrogen-bond acceptors (Lipinski definition) is 4. The van der Waals surface area contributed by atoms with E-state index in [-0.39, 0.29) is 11.8 Å². The van der Waals surface area contributed by atoms with Gasteiger partial charge in [-0.2, -0.15) is 0 Å². The van der Waals surface area contributed by atoms with Gasteiger partial charge in [0.1, 0.15) is 11.2 Å². The Balaban J connectivity index is 1.63. The van der Waals surface area contributed by atoms with Gasteiger partial charge in [0, 0.05) is 31.9 Å². The molecule has 1 saturated heterocycles. The summed E-state index contributed by atoms with van der Waals surface area (Å²) in [6, 6.07) is 17.1. The van der Waals surface area contributed by atoms with Crippen LogP contribution in [0.2, 0.25) is 0 Å². The molecule has 0 unspecified atom stereocenters. The SMILES string of the molecule is COc1ccccc1N1CCN(C(=O)C(C)(C)C(=O)Nc2ccccc2)CC1. The minimum Gasteiger partial charge on any atom is -0.495 e. The number of carbonyl (C=O) groups is 2.